The molecule has 0 bridgehead atoms. The van der Waals surface area contributed by atoms with Gasteiger partial charge in [0.2, 0.25) is 11.8 Å². The molecule has 140 valence electrons. The van der Waals surface area contributed by atoms with Crippen molar-refractivity contribution in [3.63, 3.8) is 0 Å². The summed E-state index contributed by atoms with van der Waals surface area (Å²) in [5, 5.41) is 10.3. The van der Waals surface area contributed by atoms with E-state index in [4.69, 9.17) is 0 Å². The molecule has 1 unspecified atom stereocenters. The molecule has 6 heteroatoms. The van der Waals surface area contributed by atoms with Crippen LogP contribution in [0.1, 0.15) is 68.3 Å². The van der Waals surface area contributed by atoms with E-state index in [1.807, 2.05) is 18.7 Å². The lowest BCUT2D eigenvalue weighted by Gasteiger charge is -2.44. The summed E-state index contributed by atoms with van der Waals surface area (Å²) in [6.45, 7) is 4.41. The maximum Gasteiger partial charge on any atom is 0.232 e. The highest BCUT2D eigenvalue weighted by molar-refractivity contribution is 5.91. The highest BCUT2D eigenvalue weighted by atomic mass is 16.2. The van der Waals surface area contributed by atoms with Gasteiger partial charge in [-0.25, -0.2) is 0 Å². The summed E-state index contributed by atoms with van der Waals surface area (Å²) in [5.74, 6) is 0.270. The van der Waals surface area contributed by atoms with Crippen LogP contribution in [0.5, 0.6) is 0 Å². The summed E-state index contributed by atoms with van der Waals surface area (Å²) in [6, 6.07) is 0.290. The number of rotatable bonds is 4. The number of amides is 2. The van der Waals surface area contributed by atoms with Gasteiger partial charge in [0, 0.05) is 36.0 Å². The molecule has 2 aliphatic carbocycles. The van der Waals surface area contributed by atoms with Crippen LogP contribution in [0.15, 0.2) is 11.8 Å². The Morgan fingerprint density at radius 1 is 1.35 bits per heavy atom. The van der Waals surface area contributed by atoms with Crippen LogP contribution in [-0.4, -0.2) is 33.0 Å². The topological polar surface area (TPSA) is 78.1 Å². The van der Waals surface area contributed by atoms with Gasteiger partial charge in [-0.15, -0.1) is 0 Å². The Labute approximate surface area is 154 Å². The Balaban J connectivity index is 1.55. The Hall–Kier alpha value is -2.11. The summed E-state index contributed by atoms with van der Waals surface area (Å²) in [4.78, 5) is 27.9. The molecule has 3 aliphatic rings. The monoisotopic (exact) mass is 356 g/mol. The van der Waals surface area contributed by atoms with Crippen molar-refractivity contribution in [1.82, 2.24) is 20.4 Å². The number of carbonyl (C=O) groups excluding carboxylic acids is 2. The van der Waals surface area contributed by atoms with Gasteiger partial charge in [0.1, 0.15) is 0 Å². The summed E-state index contributed by atoms with van der Waals surface area (Å²) in [5.41, 5.74) is 3.43. The van der Waals surface area contributed by atoms with Gasteiger partial charge in [-0.1, -0.05) is 18.9 Å². The summed E-state index contributed by atoms with van der Waals surface area (Å²) in [6.07, 6.45) is 9.43. The third-order valence-corrected chi connectivity index (χ3v) is 6.52. The van der Waals surface area contributed by atoms with E-state index in [0.717, 1.165) is 48.3 Å². The summed E-state index contributed by atoms with van der Waals surface area (Å²) >= 11 is 0. The quantitative estimate of drug-likeness (QED) is 0.871. The van der Waals surface area contributed by atoms with Crippen LogP contribution in [0, 0.1) is 19.3 Å². The molecule has 2 N–H and O–H groups in total. The number of nitrogens with zero attached hydrogens (tertiary/aromatic N) is 2. The molecule has 1 saturated heterocycles. The van der Waals surface area contributed by atoms with E-state index in [2.05, 4.69) is 21.6 Å². The van der Waals surface area contributed by atoms with Gasteiger partial charge in [-0.2, -0.15) is 5.10 Å². The van der Waals surface area contributed by atoms with E-state index in [-0.39, 0.29) is 17.9 Å². The second kappa shape index (κ2) is 6.56. The average Bonchev–Trinajstić information content (AvgIpc) is 3.35. The molecule has 0 spiro atoms. The van der Waals surface area contributed by atoms with Crippen LogP contribution in [0.4, 0.5) is 0 Å². The number of nitrogens with one attached hydrogen (secondary N) is 2. The van der Waals surface area contributed by atoms with Gasteiger partial charge in [-0.3, -0.25) is 14.7 Å². The lowest BCUT2D eigenvalue weighted by molar-refractivity contribution is -0.141. The minimum Gasteiger partial charge on any atom is -0.351 e. The molecule has 6 nitrogen and oxygen atoms in total. The molecule has 0 aromatic carbocycles. The number of hydrogen-bond donors (Lipinski definition) is 2. The van der Waals surface area contributed by atoms with Crippen molar-refractivity contribution in [3.8, 4) is 0 Å². The number of likely N-dealkylation sites (tertiary alicyclic amines) is 1. The van der Waals surface area contributed by atoms with Crippen molar-refractivity contribution in [2.75, 3.05) is 0 Å². The van der Waals surface area contributed by atoms with E-state index >= 15 is 0 Å². The van der Waals surface area contributed by atoms with Crippen LogP contribution in [0.3, 0.4) is 0 Å². The smallest absolute Gasteiger partial charge is 0.232 e. The van der Waals surface area contributed by atoms with Crippen molar-refractivity contribution in [2.45, 2.75) is 77.8 Å². The van der Waals surface area contributed by atoms with Crippen molar-refractivity contribution < 1.29 is 9.59 Å². The molecular weight excluding hydrogens is 328 g/mol. The van der Waals surface area contributed by atoms with E-state index in [0.29, 0.717) is 19.4 Å². The number of aromatic amines is 1. The van der Waals surface area contributed by atoms with Gasteiger partial charge in [0.15, 0.2) is 0 Å². The van der Waals surface area contributed by atoms with Gasteiger partial charge in [-0.05, 0) is 46.0 Å². The van der Waals surface area contributed by atoms with Crippen molar-refractivity contribution in [3.05, 3.63) is 28.7 Å². The zero-order chi connectivity index (χ0) is 18.3. The normalized spacial score (nSPS) is 26.2. The average molecular weight is 356 g/mol. The minimum absolute atomic E-state index is 0.0664. The summed E-state index contributed by atoms with van der Waals surface area (Å²) in [7, 11) is 0. The van der Waals surface area contributed by atoms with Crippen LogP contribution in [-0.2, 0) is 16.1 Å². The lowest BCUT2D eigenvalue weighted by atomic mass is 9.75. The minimum atomic E-state index is -0.526. The fraction of sp³-hybridized carbons (Fsp3) is 0.650. The number of fused-ring (bicyclic) bond motifs is 1. The third kappa shape index (κ3) is 2.66. The Kier molecular flexibility index (Phi) is 4.37. The van der Waals surface area contributed by atoms with Crippen molar-refractivity contribution in [1.29, 1.82) is 0 Å². The van der Waals surface area contributed by atoms with Crippen molar-refractivity contribution in [2.24, 2.45) is 5.41 Å². The first-order valence-corrected chi connectivity index (χ1v) is 9.84. The second-order valence-electron chi connectivity index (χ2n) is 8.01. The number of aromatic nitrogens is 2. The van der Waals surface area contributed by atoms with Gasteiger partial charge >= 0.3 is 0 Å². The predicted molar refractivity (Wildman–Crippen MR) is 98.0 cm³/mol. The van der Waals surface area contributed by atoms with E-state index < -0.39 is 5.41 Å². The number of allylic oxidation sites excluding steroid dienone is 1. The molecule has 1 atom stereocenters. The van der Waals surface area contributed by atoms with Gasteiger partial charge in [0.25, 0.3) is 0 Å². The zero-order valence-electron chi connectivity index (χ0n) is 15.7. The van der Waals surface area contributed by atoms with Crippen LogP contribution < -0.4 is 5.32 Å². The number of H-pyrrole nitrogens is 1. The first-order valence-electron chi connectivity index (χ1n) is 9.84. The van der Waals surface area contributed by atoms with E-state index in [1.165, 1.54) is 12.8 Å². The number of carbonyl (C=O) groups is 2. The van der Waals surface area contributed by atoms with E-state index in [1.54, 1.807) is 0 Å². The molecule has 2 fully saturated rings. The van der Waals surface area contributed by atoms with Crippen molar-refractivity contribution >= 4 is 11.8 Å². The highest BCUT2D eigenvalue weighted by Crippen LogP contribution is 2.50. The largest absolute Gasteiger partial charge is 0.351 e. The molecule has 0 radical (unpaired) electrons. The SMILES string of the molecule is Cc1n[nH]c(C)c1CNC(=O)C12CCC=C1N(C1CCCC1)C(=O)CC2. The fourth-order valence-electron chi connectivity index (χ4n) is 5.01. The van der Waals surface area contributed by atoms with Gasteiger partial charge < -0.3 is 10.2 Å². The first-order chi connectivity index (χ1) is 12.5. The maximum atomic E-state index is 13.3. The molecule has 2 amide bonds. The molecule has 26 heavy (non-hydrogen) atoms. The molecule has 1 aromatic heterocycles. The fourth-order valence-corrected chi connectivity index (χ4v) is 5.01. The number of piperidine rings is 1. The number of aryl methyl sites for hydroxylation is 2. The van der Waals surface area contributed by atoms with Crippen LogP contribution in [0.2, 0.25) is 0 Å². The van der Waals surface area contributed by atoms with Gasteiger partial charge in [0.05, 0.1) is 11.1 Å². The maximum absolute atomic E-state index is 13.3. The molecule has 4 rings (SSSR count). The summed E-state index contributed by atoms with van der Waals surface area (Å²) < 4.78 is 0. The predicted octanol–water partition coefficient (Wildman–Crippen LogP) is 2.87. The molecule has 1 saturated carbocycles. The Morgan fingerprint density at radius 3 is 2.81 bits per heavy atom. The first kappa shape index (κ1) is 17.3. The molecule has 1 aromatic rings. The van der Waals surface area contributed by atoms with E-state index in [9.17, 15) is 9.59 Å². The molecule has 2 heterocycles. The number of hydrogen-bond acceptors (Lipinski definition) is 3. The van der Waals surface area contributed by atoms with Crippen LogP contribution in [0.25, 0.3) is 0 Å². The lowest BCUT2D eigenvalue weighted by Crippen LogP contribution is -2.52. The third-order valence-electron chi connectivity index (χ3n) is 6.52. The zero-order valence-corrected chi connectivity index (χ0v) is 15.7. The van der Waals surface area contributed by atoms with Crippen LogP contribution >= 0.6 is 0 Å². The molecular formula is C20H28N4O2. The highest BCUT2D eigenvalue weighted by Gasteiger charge is 2.52. The second-order valence-corrected chi connectivity index (χ2v) is 8.01. The molecule has 1 aliphatic heterocycles. The Morgan fingerprint density at radius 2 is 2.12 bits per heavy atom. The Bertz CT molecular complexity index is 740. The standard InChI is InChI=1S/C20H28N4O2/c1-13-16(14(2)23-22-13)12-21-19(26)20-10-5-8-17(20)24(18(25)9-11-20)15-6-3-4-7-15/h8,15H,3-7,9-12H2,1-2H3,(H,21,26)(H,22,23).